The van der Waals surface area contributed by atoms with E-state index >= 15 is 0 Å². The summed E-state index contributed by atoms with van der Waals surface area (Å²) in [6, 6.07) is 1.87. The second kappa shape index (κ2) is 4.01. The molecule has 0 saturated heterocycles. The number of carbonyl (C=O) groups excluding carboxylic acids is 1. The Morgan fingerprint density at radius 2 is 2.44 bits per heavy atom. The van der Waals surface area contributed by atoms with E-state index in [1.54, 1.807) is 11.4 Å². The first-order chi connectivity index (χ1) is 8.70. The maximum atomic E-state index is 11.9. The molecule has 0 aliphatic carbocycles. The normalized spacial score (nSPS) is 13.4. The largest absolute Gasteiger partial charge is 0.493 e. The van der Waals surface area contributed by atoms with Crippen molar-refractivity contribution >= 4 is 11.5 Å². The van der Waals surface area contributed by atoms with Crippen molar-refractivity contribution in [3.63, 3.8) is 0 Å². The Morgan fingerprint density at radius 3 is 3.22 bits per heavy atom. The molecule has 18 heavy (non-hydrogen) atoms. The topological polar surface area (TPSA) is 52.8 Å². The number of carbonyl (C=O) groups is 1. The summed E-state index contributed by atoms with van der Waals surface area (Å²) < 4.78 is 12.3. The fourth-order valence-electron chi connectivity index (χ4n) is 2.28. The lowest BCUT2D eigenvalue weighted by molar-refractivity contribution is 0.0528. The van der Waals surface area contributed by atoms with Gasteiger partial charge in [0.15, 0.2) is 0 Å². The summed E-state index contributed by atoms with van der Waals surface area (Å²) in [6.07, 6.45) is 2.81. The summed E-state index contributed by atoms with van der Waals surface area (Å²) in [7, 11) is 0. The maximum absolute atomic E-state index is 11.9. The zero-order valence-electron chi connectivity index (χ0n) is 10.4. The molecule has 0 aromatic carbocycles. The van der Waals surface area contributed by atoms with Gasteiger partial charge >= 0.3 is 5.97 Å². The molecular formula is C13H14N2O3. The van der Waals surface area contributed by atoms with Crippen LogP contribution in [0.1, 0.15) is 28.5 Å². The highest BCUT2D eigenvalue weighted by Gasteiger charge is 2.21. The molecule has 3 rings (SSSR count). The Balaban J connectivity index is 2.19. The van der Waals surface area contributed by atoms with Crippen LogP contribution in [0.5, 0.6) is 5.75 Å². The molecule has 0 bridgehead atoms. The molecule has 94 valence electrons. The number of pyridine rings is 1. The maximum Gasteiger partial charge on any atom is 0.342 e. The average Bonchev–Trinajstić information content (AvgIpc) is 2.88. The minimum Gasteiger partial charge on any atom is -0.493 e. The van der Waals surface area contributed by atoms with E-state index in [0.29, 0.717) is 24.5 Å². The van der Waals surface area contributed by atoms with Gasteiger partial charge < -0.3 is 9.47 Å². The van der Waals surface area contributed by atoms with Gasteiger partial charge in [-0.05, 0) is 13.8 Å². The molecule has 0 N–H and O–H groups in total. The van der Waals surface area contributed by atoms with Crippen LogP contribution in [0.25, 0.3) is 5.52 Å². The smallest absolute Gasteiger partial charge is 0.342 e. The van der Waals surface area contributed by atoms with Crippen molar-refractivity contribution in [2.45, 2.75) is 20.3 Å². The van der Waals surface area contributed by atoms with Crippen molar-refractivity contribution in [2.24, 2.45) is 0 Å². The number of hydrogen-bond acceptors (Lipinski definition) is 4. The van der Waals surface area contributed by atoms with Crippen LogP contribution in [0.15, 0.2) is 12.3 Å². The van der Waals surface area contributed by atoms with Gasteiger partial charge in [-0.15, -0.1) is 0 Å². The predicted molar refractivity (Wildman–Crippen MR) is 65.1 cm³/mol. The number of rotatable bonds is 2. The van der Waals surface area contributed by atoms with Gasteiger partial charge in [0.25, 0.3) is 0 Å². The van der Waals surface area contributed by atoms with Crippen LogP contribution in [-0.2, 0) is 11.2 Å². The second-order valence-electron chi connectivity index (χ2n) is 4.27. The first-order valence-corrected chi connectivity index (χ1v) is 6.02. The van der Waals surface area contributed by atoms with Crippen molar-refractivity contribution in [1.29, 1.82) is 0 Å². The molecule has 2 aromatic heterocycles. The third kappa shape index (κ3) is 1.54. The molecule has 1 aliphatic heterocycles. The lowest BCUT2D eigenvalue weighted by Crippen LogP contribution is -2.05. The third-order valence-corrected chi connectivity index (χ3v) is 3.09. The van der Waals surface area contributed by atoms with Crippen LogP contribution in [0.4, 0.5) is 0 Å². The molecule has 0 unspecified atom stereocenters. The van der Waals surface area contributed by atoms with Crippen LogP contribution < -0.4 is 4.74 Å². The van der Waals surface area contributed by atoms with Crippen molar-refractivity contribution in [2.75, 3.05) is 13.2 Å². The molecule has 0 fully saturated rings. The van der Waals surface area contributed by atoms with E-state index in [2.05, 4.69) is 5.10 Å². The number of aromatic nitrogens is 2. The fraction of sp³-hybridized carbons (Fsp3) is 0.385. The molecule has 3 heterocycles. The van der Waals surface area contributed by atoms with Crippen LogP contribution in [-0.4, -0.2) is 28.8 Å². The van der Waals surface area contributed by atoms with Crippen molar-refractivity contribution in [3.05, 3.63) is 29.1 Å². The number of hydrogen-bond donors (Lipinski definition) is 0. The van der Waals surface area contributed by atoms with Gasteiger partial charge in [0.2, 0.25) is 0 Å². The molecule has 1 aliphatic rings. The first-order valence-electron chi connectivity index (χ1n) is 6.02. The quantitative estimate of drug-likeness (QED) is 0.757. The Bertz CT molecular complexity index is 631. The monoisotopic (exact) mass is 246 g/mol. The van der Waals surface area contributed by atoms with Crippen LogP contribution in [0, 0.1) is 6.92 Å². The van der Waals surface area contributed by atoms with Crippen molar-refractivity contribution < 1.29 is 14.3 Å². The Hall–Kier alpha value is -2.04. The van der Waals surface area contributed by atoms with E-state index in [4.69, 9.17) is 9.47 Å². The SMILES string of the molecule is CCOC(=O)c1c(C)nn2cc3c(cc12)OCC3. The summed E-state index contributed by atoms with van der Waals surface area (Å²) in [5.74, 6) is 0.510. The van der Waals surface area contributed by atoms with E-state index in [9.17, 15) is 4.79 Å². The summed E-state index contributed by atoms with van der Waals surface area (Å²) in [4.78, 5) is 11.9. The zero-order valence-corrected chi connectivity index (χ0v) is 10.4. The van der Waals surface area contributed by atoms with Crippen LogP contribution >= 0.6 is 0 Å². The average molecular weight is 246 g/mol. The molecule has 0 saturated carbocycles. The van der Waals surface area contributed by atoms with E-state index in [1.807, 2.05) is 19.2 Å². The van der Waals surface area contributed by atoms with Crippen molar-refractivity contribution in [3.8, 4) is 5.75 Å². The van der Waals surface area contributed by atoms with Gasteiger partial charge in [0.1, 0.15) is 11.3 Å². The minimum atomic E-state index is -0.331. The Labute approximate surface area is 104 Å². The number of aryl methyl sites for hydroxylation is 1. The molecule has 0 atom stereocenters. The lowest BCUT2D eigenvalue weighted by Gasteiger charge is -2.03. The lowest BCUT2D eigenvalue weighted by atomic mass is 10.1. The molecule has 2 aromatic rings. The third-order valence-electron chi connectivity index (χ3n) is 3.09. The van der Waals surface area contributed by atoms with Gasteiger partial charge in [-0.3, -0.25) is 0 Å². The Morgan fingerprint density at radius 1 is 1.61 bits per heavy atom. The number of fused-ring (bicyclic) bond motifs is 2. The molecule has 0 amide bonds. The first kappa shape index (κ1) is 11.1. The summed E-state index contributed by atoms with van der Waals surface area (Å²) in [6.45, 7) is 4.65. The van der Waals surface area contributed by atoms with Crippen LogP contribution in [0.3, 0.4) is 0 Å². The summed E-state index contributed by atoms with van der Waals surface area (Å²) in [5, 5.41) is 4.35. The molecule has 5 nitrogen and oxygen atoms in total. The minimum absolute atomic E-state index is 0.331. The highest BCUT2D eigenvalue weighted by atomic mass is 16.5. The fourth-order valence-corrected chi connectivity index (χ4v) is 2.28. The summed E-state index contributed by atoms with van der Waals surface area (Å²) >= 11 is 0. The highest BCUT2D eigenvalue weighted by molar-refractivity contribution is 5.98. The Kier molecular flexibility index (Phi) is 2.47. The predicted octanol–water partition coefficient (Wildman–Crippen LogP) is 1.75. The van der Waals surface area contributed by atoms with Crippen LogP contribution in [0.2, 0.25) is 0 Å². The number of esters is 1. The molecule has 5 heteroatoms. The van der Waals surface area contributed by atoms with E-state index in [1.165, 1.54) is 0 Å². The number of nitrogens with zero attached hydrogens (tertiary/aromatic N) is 2. The van der Waals surface area contributed by atoms with Gasteiger partial charge in [0.05, 0.1) is 24.4 Å². The van der Waals surface area contributed by atoms with Crippen molar-refractivity contribution in [1.82, 2.24) is 9.61 Å². The van der Waals surface area contributed by atoms with E-state index in [0.717, 1.165) is 23.3 Å². The van der Waals surface area contributed by atoms with Gasteiger partial charge in [-0.25, -0.2) is 9.31 Å². The molecule has 0 radical (unpaired) electrons. The van der Waals surface area contributed by atoms with Gasteiger partial charge in [-0.1, -0.05) is 0 Å². The second-order valence-corrected chi connectivity index (χ2v) is 4.27. The van der Waals surface area contributed by atoms with Gasteiger partial charge in [0, 0.05) is 24.2 Å². The molecule has 0 spiro atoms. The van der Waals surface area contributed by atoms with E-state index in [-0.39, 0.29) is 5.97 Å². The highest BCUT2D eigenvalue weighted by Crippen LogP contribution is 2.29. The molecular weight excluding hydrogens is 232 g/mol. The number of ether oxygens (including phenoxy) is 2. The summed E-state index contributed by atoms with van der Waals surface area (Å²) in [5.41, 5.74) is 3.07. The van der Waals surface area contributed by atoms with E-state index < -0.39 is 0 Å². The van der Waals surface area contributed by atoms with Gasteiger partial charge in [-0.2, -0.15) is 5.10 Å². The zero-order chi connectivity index (χ0) is 12.7. The standard InChI is InChI=1S/C13H14N2O3/c1-3-17-13(16)12-8(2)14-15-7-9-4-5-18-11(9)6-10(12)15/h6-7H,3-5H2,1-2H3.